The second kappa shape index (κ2) is 5.38. The number of β-amino-alcohol motifs (C(OH)–C–C–N with tert-alkyl or cyclic N) is 1. The van der Waals surface area contributed by atoms with Crippen LogP contribution in [-0.4, -0.2) is 52.8 Å². The topological polar surface area (TPSA) is 113 Å². The van der Waals surface area contributed by atoms with Crippen LogP contribution in [0.4, 0.5) is 5.69 Å². The number of hydrogen-bond donors (Lipinski definition) is 3. The Morgan fingerprint density at radius 2 is 2.15 bits per heavy atom. The van der Waals surface area contributed by atoms with Gasteiger partial charge in [-0.15, -0.1) is 0 Å². The molecular weight excluding hydrogens is 264 g/mol. The lowest BCUT2D eigenvalue weighted by Crippen LogP contribution is -2.40. The number of ether oxygens (including phenoxy) is 1. The van der Waals surface area contributed by atoms with Crippen molar-refractivity contribution in [3.63, 3.8) is 0 Å². The molecule has 4 N–H and O–H groups in total. The number of anilines is 1. The van der Waals surface area contributed by atoms with E-state index >= 15 is 0 Å². The average molecular weight is 280 g/mol. The molecule has 1 saturated heterocycles. The second-order valence-corrected chi connectivity index (χ2v) is 4.65. The molecule has 0 bridgehead atoms. The molecule has 108 valence electrons. The molecule has 2 atom stereocenters. The number of aliphatic hydroxyl groups excluding tert-OH is 1. The highest BCUT2D eigenvalue weighted by molar-refractivity contribution is 6.01. The number of carbonyl (C=O) groups excluding carboxylic acids is 1. The molecule has 1 aromatic rings. The standard InChI is InChI=1S/C13H16N2O5/c1-20-8-2-3-10(14)9(5-8)12(17)15-6-7(16)4-11(15)13(18)19/h2-3,5,7,11,16H,4,6,14H2,1H3,(H,18,19)/t7?,11-/m0/s1. The van der Waals surface area contributed by atoms with Crippen LogP contribution in [0.3, 0.4) is 0 Å². The third kappa shape index (κ3) is 2.53. The van der Waals surface area contributed by atoms with Gasteiger partial charge in [-0.05, 0) is 18.2 Å². The van der Waals surface area contributed by atoms with Gasteiger partial charge in [-0.25, -0.2) is 4.79 Å². The smallest absolute Gasteiger partial charge is 0.326 e. The summed E-state index contributed by atoms with van der Waals surface area (Å²) in [4.78, 5) is 24.7. The predicted octanol–water partition coefficient (Wildman–Crippen LogP) is -0.0626. The van der Waals surface area contributed by atoms with E-state index in [0.717, 1.165) is 4.90 Å². The van der Waals surface area contributed by atoms with E-state index in [4.69, 9.17) is 15.6 Å². The van der Waals surface area contributed by atoms with Gasteiger partial charge in [0.2, 0.25) is 0 Å². The van der Waals surface area contributed by atoms with E-state index in [0.29, 0.717) is 5.75 Å². The van der Waals surface area contributed by atoms with Crippen molar-refractivity contribution in [1.29, 1.82) is 0 Å². The number of rotatable bonds is 3. The molecule has 1 aliphatic heterocycles. The molecule has 7 heteroatoms. The van der Waals surface area contributed by atoms with E-state index in [9.17, 15) is 14.7 Å². The summed E-state index contributed by atoms with van der Waals surface area (Å²) in [6.45, 7) is -0.0214. The average Bonchev–Trinajstić information content (AvgIpc) is 2.81. The Kier molecular flexibility index (Phi) is 3.80. The number of likely N-dealkylation sites (tertiary alicyclic amines) is 1. The number of amides is 1. The van der Waals surface area contributed by atoms with Crippen LogP contribution in [-0.2, 0) is 4.79 Å². The van der Waals surface area contributed by atoms with Gasteiger partial charge in [0.05, 0.1) is 18.8 Å². The number of aliphatic carboxylic acids is 1. The number of nitrogen functional groups attached to an aromatic ring is 1. The van der Waals surface area contributed by atoms with Gasteiger partial charge in [0.25, 0.3) is 5.91 Å². The number of nitrogens with two attached hydrogens (primary N) is 1. The second-order valence-electron chi connectivity index (χ2n) is 4.65. The Bertz CT molecular complexity index is 546. The van der Waals surface area contributed by atoms with Crippen molar-refractivity contribution >= 4 is 17.6 Å². The van der Waals surface area contributed by atoms with Crippen LogP contribution < -0.4 is 10.5 Å². The zero-order valence-electron chi connectivity index (χ0n) is 10.9. The van der Waals surface area contributed by atoms with Crippen LogP contribution >= 0.6 is 0 Å². The largest absolute Gasteiger partial charge is 0.497 e. The first kappa shape index (κ1) is 14.1. The maximum absolute atomic E-state index is 12.4. The highest BCUT2D eigenvalue weighted by Gasteiger charge is 2.39. The quantitative estimate of drug-likeness (QED) is 0.668. The van der Waals surface area contributed by atoms with Gasteiger partial charge in [0, 0.05) is 18.7 Å². The Labute approximate surface area is 115 Å². The van der Waals surface area contributed by atoms with Crippen LogP contribution in [0.15, 0.2) is 18.2 Å². The molecule has 0 saturated carbocycles. The molecule has 7 nitrogen and oxygen atoms in total. The predicted molar refractivity (Wildman–Crippen MR) is 70.5 cm³/mol. The molecule has 0 aromatic heterocycles. The van der Waals surface area contributed by atoms with Gasteiger partial charge in [0.15, 0.2) is 0 Å². The molecule has 1 amide bonds. The van der Waals surface area contributed by atoms with Crippen LogP contribution in [0.1, 0.15) is 16.8 Å². The van der Waals surface area contributed by atoms with Crippen LogP contribution in [0.2, 0.25) is 0 Å². The molecule has 1 fully saturated rings. The van der Waals surface area contributed by atoms with Crippen LogP contribution in [0.25, 0.3) is 0 Å². The van der Waals surface area contributed by atoms with E-state index in [1.165, 1.54) is 19.2 Å². The summed E-state index contributed by atoms with van der Waals surface area (Å²) in [7, 11) is 1.46. The summed E-state index contributed by atoms with van der Waals surface area (Å²) in [6, 6.07) is 3.55. The first-order valence-electron chi connectivity index (χ1n) is 6.09. The minimum atomic E-state index is -1.14. The summed E-state index contributed by atoms with van der Waals surface area (Å²) in [5.74, 6) is -1.21. The van der Waals surface area contributed by atoms with Gasteiger partial charge in [0.1, 0.15) is 11.8 Å². The molecule has 0 spiro atoms. The van der Waals surface area contributed by atoms with Crippen molar-refractivity contribution in [1.82, 2.24) is 4.90 Å². The molecule has 20 heavy (non-hydrogen) atoms. The Balaban J connectivity index is 2.33. The van der Waals surface area contributed by atoms with Crippen molar-refractivity contribution in [2.75, 3.05) is 19.4 Å². The number of carboxylic acid groups (broad SMARTS) is 1. The zero-order valence-corrected chi connectivity index (χ0v) is 10.9. The number of methoxy groups -OCH3 is 1. The lowest BCUT2D eigenvalue weighted by molar-refractivity contribution is -0.141. The maximum Gasteiger partial charge on any atom is 0.326 e. The number of benzene rings is 1. The fourth-order valence-electron chi connectivity index (χ4n) is 2.27. The lowest BCUT2D eigenvalue weighted by atomic mass is 10.1. The van der Waals surface area contributed by atoms with Crippen LogP contribution in [0.5, 0.6) is 5.75 Å². The molecule has 2 rings (SSSR count). The summed E-state index contributed by atoms with van der Waals surface area (Å²) < 4.78 is 5.03. The van der Waals surface area contributed by atoms with Crippen LogP contribution in [0, 0.1) is 0 Å². The highest BCUT2D eigenvalue weighted by atomic mass is 16.5. The molecule has 1 unspecified atom stereocenters. The fraction of sp³-hybridized carbons (Fsp3) is 0.385. The number of aliphatic hydroxyl groups is 1. The first-order valence-corrected chi connectivity index (χ1v) is 6.09. The summed E-state index contributed by atoms with van der Waals surface area (Å²) in [5.41, 5.74) is 6.16. The molecule has 1 aromatic carbocycles. The first-order chi connectivity index (χ1) is 9.43. The fourth-order valence-corrected chi connectivity index (χ4v) is 2.27. The summed E-state index contributed by atoms with van der Waals surface area (Å²) >= 11 is 0. The maximum atomic E-state index is 12.4. The van der Waals surface area contributed by atoms with Crippen molar-refractivity contribution in [3.05, 3.63) is 23.8 Å². The molecule has 1 heterocycles. The molecular formula is C13H16N2O5. The van der Waals surface area contributed by atoms with Crippen molar-refractivity contribution in [2.45, 2.75) is 18.6 Å². The minimum Gasteiger partial charge on any atom is -0.497 e. The monoisotopic (exact) mass is 280 g/mol. The third-order valence-corrected chi connectivity index (χ3v) is 3.32. The number of hydrogen-bond acceptors (Lipinski definition) is 5. The lowest BCUT2D eigenvalue weighted by Gasteiger charge is -2.22. The summed E-state index contributed by atoms with van der Waals surface area (Å²) in [5, 5.41) is 18.7. The van der Waals surface area contributed by atoms with E-state index in [1.54, 1.807) is 6.07 Å². The SMILES string of the molecule is COc1ccc(N)c(C(=O)N2CC(O)C[C@H]2C(=O)O)c1. The molecule has 0 radical (unpaired) electrons. The highest BCUT2D eigenvalue weighted by Crippen LogP contribution is 2.25. The molecule has 0 aliphatic carbocycles. The van der Waals surface area contributed by atoms with Gasteiger partial charge in [-0.3, -0.25) is 4.79 Å². The van der Waals surface area contributed by atoms with Gasteiger partial charge in [-0.2, -0.15) is 0 Å². The van der Waals surface area contributed by atoms with Gasteiger partial charge >= 0.3 is 5.97 Å². The zero-order chi connectivity index (χ0) is 14.9. The van der Waals surface area contributed by atoms with E-state index in [-0.39, 0.29) is 24.2 Å². The van der Waals surface area contributed by atoms with E-state index in [2.05, 4.69) is 0 Å². The Morgan fingerprint density at radius 3 is 2.75 bits per heavy atom. The number of carbonyl (C=O) groups is 2. The molecule has 1 aliphatic rings. The van der Waals surface area contributed by atoms with Crippen molar-refractivity contribution in [3.8, 4) is 5.75 Å². The van der Waals surface area contributed by atoms with Gasteiger partial charge in [-0.1, -0.05) is 0 Å². The minimum absolute atomic E-state index is 0.0188. The Hall–Kier alpha value is -2.28. The number of carboxylic acids is 1. The Morgan fingerprint density at radius 1 is 1.45 bits per heavy atom. The van der Waals surface area contributed by atoms with Crippen molar-refractivity contribution < 1.29 is 24.5 Å². The van der Waals surface area contributed by atoms with E-state index in [1.807, 2.05) is 0 Å². The van der Waals surface area contributed by atoms with Gasteiger partial charge < -0.3 is 25.6 Å². The van der Waals surface area contributed by atoms with E-state index < -0.39 is 24.0 Å². The third-order valence-electron chi connectivity index (χ3n) is 3.32. The summed E-state index contributed by atoms with van der Waals surface area (Å²) in [6.07, 6.45) is -0.822. The number of nitrogens with zero attached hydrogens (tertiary/aromatic N) is 1. The van der Waals surface area contributed by atoms with Crippen molar-refractivity contribution in [2.24, 2.45) is 0 Å². The normalized spacial score (nSPS) is 21.8.